The van der Waals surface area contributed by atoms with E-state index in [1.807, 2.05) is 6.92 Å². The van der Waals surface area contributed by atoms with E-state index in [0.717, 1.165) is 30.2 Å². The molecule has 7 nitrogen and oxygen atoms in total. The van der Waals surface area contributed by atoms with Crippen LogP contribution in [0.25, 0.3) is 0 Å². The fourth-order valence-corrected chi connectivity index (χ4v) is 4.75. The summed E-state index contributed by atoms with van der Waals surface area (Å²) in [6.07, 6.45) is 3.88. The molecule has 0 amide bonds. The lowest BCUT2D eigenvalue weighted by atomic mass is 10.3. The molecule has 0 unspecified atom stereocenters. The van der Waals surface area contributed by atoms with Crippen LogP contribution in [0.5, 0.6) is 0 Å². The van der Waals surface area contributed by atoms with Crippen molar-refractivity contribution in [3.05, 3.63) is 28.6 Å². The third-order valence-electron chi connectivity index (χ3n) is 3.89. The summed E-state index contributed by atoms with van der Waals surface area (Å²) in [4.78, 5) is 10.7. The maximum absolute atomic E-state index is 12.6. The first-order valence-corrected chi connectivity index (χ1v) is 9.88. The van der Waals surface area contributed by atoms with Crippen molar-refractivity contribution in [3.63, 3.8) is 0 Å². The zero-order valence-electron chi connectivity index (χ0n) is 13.3. The van der Waals surface area contributed by atoms with Crippen molar-refractivity contribution in [1.82, 2.24) is 23.7 Å². The van der Waals surface area contributed by atoms with E-state index in [0.29, 0.717) is 19.6 Å². The van der Waals surface area contributed by atoms with Crippen molar-refractivity contribution >= 4 is 21.4 Å². The van der Waals surface area contributed by atoms with Crippen molar-refractivity contribution in [1.29, 1.82) is 0 Å². The second-order valence-electron chi connectivity index (χ2n) is 5.77. The van der Waals surface area contributed by atoms with Crippen molar-refractivity contribution < 1.29 is 8.42 Å². The molecule has 3 rings (SSSR count). The van der Waals surface area contributed by atoms with Crippen molar-refractivity contribution in [2.24, 2.45) is 7.05 Å². The number of hydrogen-bond donors (Lipinski definition) is 0. The Balaban J connectivity index is 1.66. The second kappa shape index (κ2) is 6.68. The first-order chi connectivity index (χ1) is 10.9. The van der Waals surface area contributed by atoms with Crippen LogP contribution in [0.15, 0.2) is 22.9 Å². The van der Waals surface area contributed by atoms with Gasteiger partial charge in [0.25, 0.3) is 10.0 Å². The molecule has 9 heteroatoms. The summed E-state index contributed by atoms with van der Waals surface area (Å²) in [5.74, 6) is 0. The molecule has 1 fully saturated rings. The van der Waals surface area contributed by atoms with Gasteiger partial charge >= 0.3 is 0 Å². The van der Waals surface area contributed by atoms with Gasteiger partial charge in [0, 0.05) is 44.8 Å². The third-order valence-corrected chi connectivity index (χ3v) is 6.49. The average Bonchev–Trinajstić information content (AvgIpc) is 3.03. The zero-order chi connectivity index (χ0) is 16.4. The Morgan fingerprint density at radius 3 is 2.74 bits per heavy atom. The van der Waals surface area contributed by atoms with Gasteiger partial charge in [0.2, 0.25) is 0 Å². The van der Waals surface area contributed by atoms with Gasteiger partial charge in [-0.15, -0.1) is 11.3 Å². The molecule has 0 saturated carbocycles. The maximum atomic E-state index is 12.6. The van der Waals surface area contributed by atoms with E-state index in [1.54, 1.807) is 33.5 Å². The average molecular weight is 355 g/mol. The predicted molar refractivity (Wildman–Crippen MR) is 88.7 cm³/mol. The highest BCUT2D eigenvalue weighted by Gasteiger charge is 2.28. The highest BCUT2D eigenvalue weighted by molar-refractivity contribution is 7.89. The van der Waals surface area contributed by atoms with Crippen LogP contribution in [0.4, 0.5) is 0 Å². The molecule has 0 atom stereocenters. The van der Waals surface area contributed by atoms with Crippen LogP contribution < -0.4 is 0 Å². The number of aromatic nitrogens is 3. The number of sulfonamides is 1. The fraction of sp³-hybridized carbons (Fsp3) is 0.571. The van der Waals surface area contributed by atoms with Crippen molar-refractivity contribution in [2.75, 3.05) is 26.2 Å². The van der Waals surface area contributed by atoms with Gasteiger partial charge in [-0.1, -0.05) is 0 Å². The van der Waals surface area contributed by atoms with E-state index in [1.165, 1.54) is 6.33 Å². The molecule has 2 aromatic rings. The zero-order valence-corrected chi connectivity index (χ0v) is 15.0. The molecular weight excluding hydrogens is 334 g/mol. The number of imidazole rings is 1. The van der Waals surface area contributed by atoms with Crippen LogP contribution in [0.2, 0.25) is 0 Å². The van der Waals surface area contributed by atoms with Crippen LogP contribution in [-0.2, 0) is 23.6 Å². The Hall–Kier alpha value is -1.29. The first-order valence-electron chi connectivity index (χ1n) is 7.56. The van der Waals surface area contributed by atoms with Gasteiger partial charge in [-0.05, 0) is 19.9 Å². The van der Waals surface area contributed by atoms with Gasteiger partial charge in [-0.3, -0.25) is 4.90 Å². The van der Waals surface area contributed by atoms with Crippen molar-refractivity contribution in [2.45, 2.75) is 24.9 Å². The molecule has 1 saturated heterocycles. The second-order valence-corrected chi connectivity index (χ2v) is 8.72. The molecular formula is C14H21N5O2S2. The number of aryl methyl sites for hydroxylation is 2. The Morgan fingerprint density at radius 2 is 2.09 bits per heavy atom. The van der Waals surface area contributed by atoms with E-state index in [2.05, 4.69) is 20.2 Å². The van der Waals surface area contributed by atoms with Crippen LogP contribution in [0, 0.1) is 6.92 Å². The molecule has 2 aromatic heterocycles. The minimum absolute atomic E-state index is 0.128. The number of hydrogen-bond acceptors (Lipinski definition) is 6. The minimum atomic E-state index is -3.50. The summed E-state index contributed by atoms with van der Waals surface area (Å²) in [7, 11) is -1.73. The first kappa shape index (κ1) is 16.6. The van der Waals surface area contributed by atoms with E-state index in [-0.39, 0.29) is 5.03 Å². The van der Waals surface area contributed by atoms with Crippen LogP contribution in [0.3, 0.4) is 0 Å². The standard InChI is InChI=1S/C14H21N5O2S2/c1-12-16-13(10-22-12)8-18-4-3-5-19(7-6-18)23(20,21)14-9-17(2)11-15-14/h9-11H,3-8H2,1-2H3. The number of nitrogens with zero attached hydrogens (tertiary/aromatic N) is 5. The maximum Gasteiger partial charge on any atom is 0.262 e. The Morgan fingerprint density at radius 1 is 1.26 bits per heavy atom. The smallest absolute Gasteiger partial charge is 0.262 e. The third kappa shape index (κ3) is 3.79. The monoisotopic (exact) mass is 355 g/mol. The Kier molecular flexibility index (Phi) is 4.81. The molecule has 0 radical (unpaired) electrons. The Labute approximate surface area is 140 Å². The summed E-state index contributed by atoms with van der Waals surface area (Å²) in [5.41, 5.74) is 1.06. The molecule has 0 bridgehead atoms. The topological polar surface area (TPSA) is 71.3 Å². The quantitative estimate of drug-likeness (QED) is 0.821. The van der Waals surface area contributed by atoms with Crippen LogP contribution >= 0.6 is 11.3 Å². The van der Waals surface area contributed by atoms with Gasteiger partial charge in [-0.25, -0.2) is 18.4 Å². The van der Waals surface area contributed by atoms with Crippen LogP contribution in [0.1, 0.15) is 17.1 Å². The minimum Gasteiger partial charge on any atom is -0.339 e. The van der Waals surface area contributed by atoms with Gasteiger partial charge in [0.1, 0.15) is 0 Å². The predicted octanol–water partition coefficient (Wildman–Crippen LogP) is 1.08. The molecule has 0 aromatic carbocycles. The molecule has 0 aliphatic carbocycles. The lowest BCUT2D eigenvalue weighted by Gasteiger charge is -2.20. The van der Waals surface area contributed by atoms with E-state index in [4.69, 9.17) is 0 Å². The largest absolute Gasteiger partial charge is 0.339 e. The van der Waals surface area contributed by atoms with E-state index < -0.39 is 10.0 Å². The van der Waals surface area contributed by atoms with Crippen molar-refractivity contribution in [3.8, 4) is 0 Å². The molecule has 0 spiro atoms. The highest BCUT2D eigenvalue weighted by atomic mass is 32.2. The highest BCUT2D eigenvalue weighted by Crippen LogP contribution is 2.17. The van der Waals surface area contributed by atoms with Gasteiger partial charge in [-0.2, -0.15) is 4.31 Å². The Bertz CT molecular complexity index is 768. The summed E-state index contributed by atoms with van der Waals surface area (Å²) >= 11 is 1.65. The van der Waals surface area contributed by atoms with Gasteiger partial charge in [0.05, 0.1) is 17.0 Å². The SMILES string of the molecule is Cc1nc(CN2CCCN(S(=O)(=O)c3cn(C)cn3)CC2)cs1. The van der Waals surface area contributed by atoms with E-state index >= 15 is 0 Å². The lowest BCUT2D eigenvalue weighted by Crippen LogP contribution is -2.35. The van der Waals surface area contributed by atoms with Gasteiger partial charge in [0.15, 0.2) is 5.03 Å². The molecule has 3 heterocycles. The lowest BCUT2D eigenvalue weighted by molar-refractivity contribution is 0.276. The molecule has 1 aliphatic rings. The molecule has 23 heavy (non-hydrogen) atoms. The van der Waals surface area contributed by atoms with E-state index in [9.17, 15) is 8.42 Å². The summed E-state index contributed by atoms with van der Waals surface area (Å²) in [6, 6.07) is 0. The van der Waals surface area contributed by atoms with Crippen LogP contribution in [-0.4, -0.2) is 58.3 Å². The normalized spacial score (nSPS) is 18.2. The summed E-state index contributed by atoms with van der Waals surface area (Å²) in [5, 5.41) is 3.26. The number of rotatable bonds is 4. The van der Waals surface area contributed by atoms with Gasteiger partial charge < -0.3 is 4.57 Å². The summed E-state index contributed by atoms with van der Waals surface area (Å²) < 4.78 is 28.5. The summed E-state index contributed by atoms with van der Waals surface area (Å²) in [6.45, 7) is 5.39. The molecule has 1 aliphatic heterocycles. The fourth-order valence-electron chi connectivity index (χ4n) is 2.71. The molecule has 0 N–H and O–H groups in total. The number of thiazole rings is 1. The molecule has 126 valence electrons.